The number of carbonyl (C=O) groups excluding carboxylic acids is 2. The number of Topliss-reactive ketones (excluding diaryl/α,β-unsaturated/α-hetero) is 1. The number of aromatic nitrogens is 1. The number of ether oxygens (including phenoxy) is 1. The Morgan fingerprint density at radius 2 is 1.94 bits per heavy atom. The average Bonchev–Trinajstić information content (AvgIpc) is 3.45. The fourth-order valence-electron chi connectivity index (χ4n) is 3.85. The number of aliphatic hydroxyl groups excluding tert-OH is 2. The Morgan fingerprint density at radius 1 is 1.18 bits per heavy atom. The summed E-state index contributed by atoms with van der Waals surface area (Å²) in [6.45, 7) is 3.22. The van der Waals surface area contributed by atoms with Gasteiger partial charge in [0.15, 0.2) is 11.5 Å². The van der Waals surface area contributed by atoms with Crippen LogP contribution in [0.2, 0.25) is 0 Å². The van der Waals surface area contributed by atoms with Crippen LogP contribution >= 0.6 is 11.3 Å². The van der Waals surface area contributed by atoms with Gasteiger partial charge in [-0.1, -0.05) is 26.0 Å². The van der Waals surface area contributed by atoms with E-state index in [9.17, 15) is 19.8 Å². The molecule has 1 aromatic carbocycles. The number of thiophene rings is 1. The lowest BCUT2D eigenvalue weighted by Crippen LogP contribution is -2.32. The maximum Gasteiger partial charge on any atom is 0.294 e. The van der Waals surface area contributed by atoms with Gasteiger partial charge in [0.05, 0.1) is 12.2 Å². The predicted octanol–water partition coefficient (Wildman–Crippen LogP) is 4.31. The first-order valence-corrected chi connectivity index (χ1v) is 11.5. The van der Waals surface area contributed by atoms with Crippen LogP contribution in [0, 0.1) is 5.92 Å². The third-order valence-corrected chi connectivity index (χ3v) is 6.11. The highest BCUT2D eigenvalue weighted by Gasteiger charge is 2.46. The zero-order chi connectivity index (χ0) is 23.5. The molecule has 0 radical (unpaired) electrons. The first-order chi connectivity index (χ1) is 15.9. The van der Waals surface area contributed by atoms with Gasteiger partial charge in [-0.25, -0.2) is 4.98 Å². The Labute approximate surface area is 195 Å². The van der Waals surface area contributed by atoms with Gasteiger partial charge >= 0.3 is 0 Å². The number of rotatable bonds is 8. The van der Waals surface area contributed by atoms with Gasteiger partial charge in [0.25, 0.3) is 5.91 Å². The van der Waals surface area contributed by atoms with Crippen LogP contribution in [-0.4, -0.2) is 40.1 Å². The molecule has 0 spiro atoms. The maximum atomic E-state index is 13.2. The van der Waals surface area contributed by atoms with Crippen LogP contribution in [0.4, 0.5) is 5.69 Å². The molecule has 7 nitrogen and oxygen atoms in total. The van der Waals surface area contributed by atoms with E-state index in [-0.39, 0.29) is 30.5 Å². The van der Waals surface area contributed by atoms with Gasteiger partial charge < -0.3 is 14.9 Å². The Bertz CT molecular complexity index is 1190. The third kappa shape index (κ3) is 4.27. The summed E-state index contributed by atoms with van der Waals surface area (Å²) in [6.07, 6.45) is 1.53. The van der Waals surface area contributed by atoms with E-state index in [2.05, 4.69) is 4.98 Å². The van der Waals surface area contributed by atoms with Crippen molar-refractivity contribution < 1.29 is 24.5 Å². The number of pyridine rings is 1. The fourth-order valence-corrected chi connectivity index (χ4v) is 4.51. The first kappa shape index (κ1) is 22.7. The lowest BCUT2D eigenvalue weighted by atomic mass is 9.91. The van der Waals surface area contributed by atoms with E-state index in [0.29, 0.717) is 11.3 Å². The smallest absolute Gasteiger partial charge is 0.294 e. The van der Waals surface area contributed by atoms with E-state index in [1.807, 2.05) is 29.0 Å². The Hall–Kier alpha value is -3.49. The summed E-state index contributed by atoms with van der Waals surface area (Å²) in [4.78, 5) is 32.0. The number of benzene rings is 1. The van der Waals surface area contributed by atoms with Crippen molar-refractivity contribution >= 4 is 28.7 Å². The van der Waals surface area contributed by atoms with E-state index in [0.717, 1.165) is 11.1 Å². The van der Waals surface area contributed by atoms with Gasteiger partial charge in [-0.05, 0) is 52.2 Å². The molecule has 0 bridgehead atoms. The molecule has 0 saturated heterocycles. The summed E-state index contributed by atoms with van der Waals surface area (Å²) in [6, 6.07) is 11.9. The SMILES string of the molecule is CC(C)C(=O)C1=C(O)C(=O)N(c2ccc(-c3ccsc3)cc2)C1c1cccnc1OCCO. The highest BCUT2D eigenvalue weighted by molar-refractivity contribution is 7.08. The van der Waals surface area contributed by atoms with Crippen LogP contribution < -0.4 is 9.64 Å². The Balaban J connectivity index is 1.83. The van der Waals surface area contributed by atoms with Gasteiger partial charge in [-0.15, -0.1) is 0 Å². The van der Waals surface area contributed by atoms with E-state index < -0.39 is 23.6 Å². The molecule has 1 aliphatic rings. The molecule has 1 atom stereocenters. The highest BCUT2D eigenvalue weighted by Crippen LogP contribution is 2.44. The summed E-state index contributed by atoms with van der Waals surface area (Å²) >= 11 is 1.60. The number of hydrogen-bond donors (Lipinski definition) is 2. The number of anilines is 1. The lowest BCUT2D eigenvalue weighted by Gasteiger charge is -2.28. The lowest BCUT2D eigenvalue weighted by molar-refractivity contribution is -0.119. The monoisotopic (exact) mass is 464 g/mol. The summed E-state index contributed by atoms with van der Waals surface area (Å²) in [5.41, 5.74) is 3.05. The highest BCUT2D eigenvalue weighted by atomic mass is 32.1. The third-order valence-electron chi connectivity index (χ3n) is 5.42. The van der Waals surface area contributed by atoms with Crippen LogP contribution in [0.5, 0.6) is 5.88 Å². The van der Waals surface area contributed by atoms with Crippen LogP contribution in [0.15, 0.2) is 70.8 Å². The molecule has 2 N–H and O–H groups in total. The number of nitrogens with zero attached hydrogens (tertiary/aromatic N) is 2. The molecular weight excluding hydrogens is 440 g/mol. The van der Waals surface area contributed by atoms with Crippen molar-refractivity contribution in [3.8, 4) is 17.0 Å². The zero-order valence-corrected chi connectivity index (χ0v) is 19.1. The number of hydrogen-bond acceptors (Lipinski definition) is 7. The second kappa shape index (κ2) is 9.56. The Morgan fingerprint density at radius 3 is 2.58 bits per heavy atom. The summed E-state index contributed by atoms with van der Waals surface area (Å²) in [5, 5.41) is 24.0. The van der Waals surface area contributed by atoms with E-state index in [1.165, 1.54) is 11.1 Å². The van der Waals surface area contributed by atoms with E-state index in [4.69, 9.17) is 4.74 Å². The summed E-state index contributed by atoms with van der Waals surface area (Å²) in [7, 11) is 0. The summed E-state index contributed by atoms with van der Waals surface area (Å²) in [5.74, 6) is -1.81. The van der Waals surface area contributed by atoms with Gasteiger partial charge in [0.1, 0.15) is 12.6 Å². The van der Waals surface area contributed by atoms with Crippen LogP contribution in [-0.2, 0) is 9.59 Å². The molecule has 0 fully saturated rings. The molecule has 3 aromatic rings. The van der Waals surface area contributed by atoms with E-state index in [1.54, 1.807) is 49.4 Å². The molecule has 33 heavy (non-hydrogen) atoms. The molecule has 1 unspecified atom stereocenters. The number of ketones is 1. The summed E-state index contributed by atoms with van der Waals surface area (Å²) < 4.78 is 5.60. The van der Waals surface area contributed by atoms with Gasteiger partial charge in [0.2, 0.25) is 5.88 Å². The molecule has 170 valence electrons. The topological polar surface area (TPSA) is 100.0 Å². The molecule has 3 heterocycles. The Kier molecular flexibility index (Phi) is 6.57. The van der Waals surface area contributed by atoms with Crippen LogP contribution in [0.3, 0.4) is 0 Å². The maximum absolute atomic E-state index is 13.2. The van der Waals surface area contributed by atoms with E-state index >= 15 is 0 Å². The molecule has 1 aliphatic heterocycles. The first-order valence-electron chi connectivity index (χ1n) is 10.6. The molecule has 8 heteroatoms. The number of carbonyl (C=O) groups is 2. The van der Waals surface area contributed by atoms with Crippen molar-refractivity contribution in [2.24, 2.45) is 5.92 Å². The van der Waals surface area contributed by atoms with Crippen LogP contribution in [0.25, 0.3) is 11.1 Å². The molecule has 0 saturated carbocycles. The average molecular weight is 465 g/mol. The van der Waals surface area contributed by atoms with Crippen molar-refractivity contribution in [2.45, 2.75) is 19.9 Å². The zero-order valence-electron chi connectivity index (χ0n) is 18.3. The molecule has 1 amide bonds. The van der Waals surface area contributed by atoms with Crippen molar-refractivity contribution in [1.82, 2.24) is 4.98 Å². The van der Waals surface area contributed by atoms with Gasteiger partial charge in [-0.3, -0.25) is 14.5 Å². The minimum atomic E-state index is -0.915. The fraction of sp³-hybridized carbons (Fsp3) is 0.240. The predicted molar refractivity (Wildman–Crippen MR) is 126 cm³/mol. The molecule has 2 aromatic heterocycles. The van der Waals surface area contributed by atoms with Gasteiger partial charge in [-0.2, -0.15) is 11.3 Å². The minimum absolute atomic E-state index is 0.00315. The van der Waals surface area contributed by atoms with Crippen molar-refractivity contribution in [2.75, 3.05) is 18.1 Å². The number of aliphatic hydroxyl groups is 2. The molecule has 4 rings (SSSR count). The van der Waals surface area contributed by atoms with Crippen LogP contribution in [0.1, 0.15) is 25.5 Å². The largest absolute Gasteiger partial charge is 0.503 e. The second-order valence-corrected chi connectivity index (χ2v) is 8.67. The van der Waals surface area contributed by atoms with Crippen molar-refractivity contribution in [3.63, 3.8) is 0 Å². The minimum Gasteiger partial charge on any atom is -0.503 e. The van der Waals surface area contributed by atoms with Crippen molar-refractivity contribution in [1.29, 1.82) is 0 Å². The normalized spacial score (nSPS) is 16.1. The van der Waals surface area contributed by atoms with Gasteiger partial charge in [0, 0.05) is 23.4 Å². The molecular formula is C25H24N2O5S. The second-order valence-electron chi connectivity index (χ2n) is 7.89. The quantitative estimate of drug-likeness (QED) is 0.515. The molecule has 0 aliphatic carbocycles. The number of amides is 1. The van der Waals surface area contributed by atoms with Crippen molar-refractivity contribution in [3.05, 3.63) is 76.3 Å². The standard InChI is InChI=1S/C25H24N2O5S/c1-15(2)22(29)20-21(19-4-3-10-26-24(19)32-12-11-28)27(25(31)23(20)30)18-7-5-16(6-8-18)17-9-13-33-14-17/h3-10,13-15,21,28,30H,11-12H2,1-2H3.